The fourth-order valence-corrected chi connectivity index (χ4v) is 3.60. The minimum atomic E-state index is -0.318. The predicted octanol–water partition coefficient (Wildman–Crippen LogP) is 3.48. The Labute approximate surface area is 161 Å². The second kappa shape index (κ2) is 8.35. The lowest BCUT2D eigenvalue weighted by atomic mass is 10.1. The van der Waals surface area contributed by atoms with Gasteiger partial charge in [0, 0.05) is 30.7 Å². The Kier molecular flexibility index (Phi) is 5.92. The van der Waals surface area contributed by atoms with E-state index in [1.54, 1.807) is 7.11 Å². The normalized spacial score (nSPS) is 16.0. The number of amides is 1. The molecule has 1 heterocycles. The Morgan fingerprint density at radius 2 is 1.77 bits per heavy atom. The second-order valence-electron chi connectivity index (χ2n) is 6.11. The van der Waals surface area contributed by atoms with Gasteiger partial charge in [0.15, 0.2) is 0 Å². The predicted molar refractivity (Wildman–Crippen MR) is 103 cm³/mol. The first-order chi connectivity index (χ1) is 12.6. The summed E-state index contributed by atoms with van der Waals surface area (Å²) in [5.41, 5.74) is 1.62. The Morgan fingerprint density at radius 3 is 2.35 bits per heavy atom. The van der Waals surface area contributed by atoms with E-state index in [1.165, 1.54) is 0 Å². The SMILES string of the molecule is COc1ccc([C@@H](C#N)N2CCN(C(=O)c3ccccc3Br)CC2)cc1. The molecule has 6 heteroatoms. The summed E-state index contributed by atoms with van der Waals surface area (Å²) in [6, 6.07) is 17.1. The summed E-state index contributed by atoms with van der Waals surface area (Å²) in [6.45, 7) is 2.55. The van der Waals surface area contributed by atoms with Gasteiger partial charge in [-0.15, -0.1) is 0 Å². The highest BCUT2D eigenvalue weighted by atomic mass is 79.9. The van der Waals surface area contributed by atoms with Crippen LogP contribution in [0.1, 0.15) is 22.0 Å². The number of nitrogens with zero attached hydrogens (tertiary/aromatic N) is 3. The summed E-state index contributed by atoms with van der Waals surface area (Å²) in [6.07, 6.45) is 0. The summed E-state index contributed by atoms with van der Waals surface area (Å²) < 4.78 is 5.98. The first-order valence-electron chi connectivity index (χ1n) is 8.45. The zero-order valence-corrected chi connectivity index (χ0v) is 16.1. The van der Waals surface area contributed by atoms with Crippen LogP contribution in [0.5, 0.6) is 5.75 Å². The van der Waals surface area contributed by atoms with Crippen molar-refractivity contribution in [1.82, 2.24) is 9.80 Å². The molecule has 134 valence electrons. The lowest BCUT2D eigenvalue weighted by molar-refractivity contribution is 0.0605. The van der Waals surface area contributed by atoms with E-state index in [0.717, 1.165) is 15.8 Å². The number of benzene rings is 2. The molecular weight excluding hydrogens is 394 g/mol. The molecule has 0 saturated carbocycles. The van der Waals surface area contributed by atoms with E-state index >= 15 is 0 Å². The maximum absolute atomic E-state index is 12.7. The van der Waals surface area contributed by atoms with Crippen LogP contribution in [0.15, 0.2) is 53.0 Å². The van der Waals surface area contributed by atoms with Gasteiger partial charge in [-0.2, -0.15) is 5.26 Å². The van der Waals surface area contributed by atoms with Crippen LogP contribution in [0, 0.1) is 11.3 Å². The van der Waals surface area contributed by atoms with E-state index < -0.39 is 0 Å². The largest absolute Gasteiger partial charge is 0.497 e. The van der Waals surface area contributed by atoms with Gasteiger partial charge in [-0.05, 0) is 45.8 Å². The topological polar surface area (TPSA) is 56.6 Å². The number of rotatable bonds is 4. The number of carbonyl (C=O) groups excluding carboxylic acids is 1. The Bertz CT molecular complexity index is 809. The molecule has 5 nitrogen and oxygen atoms in total. The molecule has 1 saturated heterocycles. The maximum Gasteiger partial charge on any atom is 0.255 e. The Balaban J connectivity index is 1.66. The highest BCUT2D eigenvalue weighted by Crippen LogP contribution is 2.25. The van der Waals surface area contributed by atoms with Gasteiger partial charge in [0.2, 0.25) is 0 Å². The van der Waals surface area contributed by atoms with Crippen molar-refractivity contribution >= 4 is 21.8 Å². The van der Waals surface area contributed by atoms with Crippen molar-refractivity contribution in [2.75, 3.05) is 33.3 Å². The maximum atomic E-state index is 12.7. The number of hydrogen-bond donors (Lipinski definition) is 0. The van der Waals surface area contributed by atoms with Crippen molar-refractivity contribution in [3.05, 3.63) is 64.1 Å². The number of nitriles is 1. The van der Waals surface area contributed by atoms with Crippen LogP contribution in [0.3, 0.4) is 0 Å². The molecule has 1 amide bonds. The van der Waals surface area contributed by atoms with Crippen molar-refractivity contribution in [2.45, 2.75) is 6.04 Å². The van der Waals surface area contributed by atoms with E-state index in [-0.39, 0.29) is 11.9 Å². The van der Waals surface area contributed by atoms with Crippen LogP contribution in [0.4, 0.5) is 0 Å². The van der Waals surface area contributed by atoms with Gasteiger partial charge in [-0.1, -0.05) is 24.3 Å². The third-order valence-corrected chi connectivity index (χ3v) is 5.32. The number of halogens is 1. The van der Waals surface area contributed by atoms with Gasteiger partial charge in [-0.3, -0.25) is 9.69 Å². The van der Waals surface area contributed by atoms with Crippen molar-refractivity contribution in [3.8, 4) is 11.8 Å². The monoisotopic (exact) mass is 413 g/mol. The first-order valence-corrected chi connectivity index (χ1v) is 9.24. The van der Waals surface area contributed by atoms with Gasteiger partial charge in [-0.25, -0.2) is 0 Å². The van der Waals surface area contributed by atoms with Crippen molar-refractivity contribution in [3.63, 3.8) is 0 Å². The van der Waals surface area contributed by atoms with Crippen LogP contribution < -0.4 is 4.74 Å². The van der Waals surface area contributed by atoms with Crippen LogP contribution >= 0.6 is 15.9 Å². The summed E-state index contributed by atoms with van der Waals surface area (Å²) in [4.78, 5) is 16.7. The highest BCUT2D eigenvalue weighted by molar-refractivity contribution is 9.10. The molecule has 1 aliphatic rings. The van der Waals surface area contributed by atoms with Crippen LogP contribution in [0.25, 0.3) is 0 Å². The average molecular weight is 414 g/mol. The van der Waals surface area contributed by atoms with Gasteiger partial charge in [0.1, 0.15) is 11.8 Å². The summed E-state index contributed by atoms with van der Waals surface area (Å²) in [5, 5.41) is 9.64. The molecule has 26 heavy (non-hydrogen) atoms. The number of piperazine rings is 1. The van der Waals surface area contributed by atoms with E-state index in [0.29, 0.717) is 31.7 Å². The van der Waals surface area contributed by atoms with E-state index in [1.807, 2.05) is 53.4 Å². The molecule has 0 bridgehead atoms. The lowest BCUT2D eigenvalue weighted by Gasteiger charge is -2.37. The Hall–Kier alpha value is -2.36. The lowest BCUT2D eigenvalue weighted by Crippen LogP contribution is -2.49. The molecule has 1 fully saturated rings. The molecule has 3 rings (SSSR count). The average Bonchev–Trinajstić information content (AvgIpc) is 2.69. The number of ether oxygens (including phenoxy) is 1. The summed E-state index contributed by atoms with van der Waals surface area (Å²) in [5.74, 6) is 0.796. The summed E-state index contributed by atoms with van der Waals surface area (Å²) >= 11 is 3.44. The molecule has 1 aliphatic heterocycles. The molecular formula is C20H20BrN3O2. The van der Waals surface area contributed by atoms with Gasteiger partial charge in [0.25, 0.3) is 5.91 Å². The zero-order valence-electron chi connectivity index (χ0n) is 14.6. The van der Waals surface area contributed by atoms with Gasteiger partial charge < -0.3 is 9.64 Å². The van der Waals surface area contributed by atoms with Crippen LogP contribution in [-0.2, 0) is 0 Å². The van der Waals surface area contributed by atoms with E-state index in [4.69, 9.17) is 4.74 Å². The third kappa shape index (κ3) is 3.90. The number of carbonyl (C=O) groups is 1. The molecule has 2 aromatic rings. The smallest absolute Gasteiger partial charge is 0.255 e. The van der Waals surface area contributed by atoms with Gasteiger partial charge in [0.05, 0.1) is 18.7 Å². The molecule has 0 aliphatic carbocycles. The minimum absolute atomic E-state index is 0.0232. The molecule has 2 aromatic carbocycles. The molecule has 0 aromatic heterocycles. The Morgan fingerprint density at radius 1 is 1.12 bits per heavy atom. The minimum Gasteiger partial charge on any atom is -0.497 e. The molecule has 1 atom stereocenters. The van der Waals surface area contributed by atoms with Crippen molar-refractivity contribution < 1.29 is 9.53 Å². The van der Waals surface area contributed by atoms with Crippen LogP contribution in [0.2, 0.25) is 0 Å². The van der Waals surface area contributed by atoms with Gasteiger partial charge >= 0.3 is 0 Å². The molecule has 0 spiro atoms. The highest BCUT2D eigenvalue weighted by Gasteiger charge is 2.28. The molecule has 0 radical (unpaired) electrons. The zero-order chi connectivity index (χ0) is 18.5. The van der Waals surface area contributed by atoms with Crippen molar-refractivity contribution in [1.29, 1.82) is 5.26 Å². The standard InChI is InChI=1S/C20H20BrN3O2/c1-26-16-8-6-15(7-9-16)19(14-22)23-10-12-24(13-11-23)20(25)17-4-2-3-5-18(17)21/h2-9,19H,10-13H2,1H3/t19-/m1/s1. The fraction of sp³-hybridized carbons (Fsp3) is 0.300. The van der Waals surface area contributed by atoms with Crippen LogP contribution in [-0.4, -0.2) is 49.0 Å². The quantitative estimate of drug-likeness (QED) is 0.769. The fourth-order valence-electron chi connectivity index (χ4n) is 3.14. The number of hydrogen-bond acceptors (Lipinski definition) is 4. The third-order valence-electron chi connectivity index (χ3n) is 4.62. The molecule has 0 unspecified atom stereocenters. The van der Waals surface area contributed by atoms with E-state index in [2.05, 4.69) is 26.9 Å². The first kappa shape index (κ1) is 18.4. The van der Waals surface area contributed by atoms with E-state index in [9.17, 15) is 10.1 Å². The molecule has 0 N–H and O–H groups in total. The number of methoxy groups -OCH3 is 1. The summed E-state index contributed by atoms with van der Waals surface area (Å²) in [7, 11) is 1.62. The second-order valence-corrected chi connectivity index (χ2v) is 6.97. The van der Waals surface area contributed by atoms with Crippen molar-refractivity contribution in [2.24, 2.45) is 0 Å².